The van der Waals surface area contributed by atoms with E-state index in [1.165, 1.54) is 17.0 Å². The Hall–Kier alpha value is -4.40. The van der Waals surface area contributed by atoms with Crippen molar-refractivity contribution in [2.24, 2.45) is 0 Å². The normalized spacial score (nSPS) is 11.0. The number of methoxy groups -OCH3 is 1. The van der Waals surface area contributed by atoms with Gasteiger partial charge in [-0.1, -0.05) is 18.2 Å². The monoisotopic (exact) mass is 490 g/mol. The second-order valence-corrected chi connectivity index (χ2v) is 8.68. The molecule has 0 saturated carbocycles. The average Bonchev–Trinajstić information content (AvgIpc) is 3.27. The highest BCUT2D eigenvalue weighted by atomic mass is 19.1. The van der Waals surface area contributed by atoms with Gasteiger partial charge in [0.25, 0.3) is 5.91 Å². The highest BCUT2D eigenvalue weighted by Crippen LogP contribution is 2.37. The Bertz CT molecular complexity index is 1450. The number of amides is 2. The van der Waals surface area contributed by atoms with E-state index in [9.17, 15) is 9.59 Å². The van der Waals surface area contributed by atoms with Gasteiger partial charge in [0.05, 0.1) is 24.5 Å². The van der Waals surface area contributed by atoms with Crippen LogP contribution in [0.5, 0.6) is 5.75 Å². The molecular weight excluding hydrogens is 463 g/mol. The molecule has 2 N–H and O–H groups in total. The molecule has 0 atom stereocenters. The number of rotatable bonds is 6. The number of carbonyl (C=O) groups excluding carboxylic acids is 2. The zero-order valence-electron chi connectivity index (χ0n) is 20.7. The molecule has 0 bridgehead atoms. The minimum atomic E-state index is -0.846. The molecule has 2 aromatic carbocycles. The van der Waals surface area contributed by atoms with Crippen LogP contribution in [0.25, 0.3) is 33.3 Å². The van der Waals surface area contributed by atoms with Crippen molar-refractivity contribution in [1.82, 2.24) is 14.9 Å². The van der Waals surface area contributed by atoms with Gasteiger partial charge in [0.1, 0.15) is 17.2 Å². The molecule has 9 heteroatoms. The van der Waals surface area contributed by atoms with Crippen LogP contribution < -0.4 is 10.1 Å². The van der Waals surface area contributed by atoms with Gasteiger partial charge >= 0.3 is 6.09 Å². The van der Waals surface area contributed by atoms with E-state index in [0.29, 0.717) is 22.5 Å². The predicted octanol–water partition coefficient (Wildman–Crippen LogP) is 5.70. The van der Waals surface area contributed by atoms with Crippen molar-refractivity contribution in [3.05, 3.63) is 66.2 Å². The van der Waals surface area contributed by atoms with Crippen molar-refractivity contribution in [3.63, 3.8) is 0 Å². The summed E-state index contributed by atoms with van der Waals surface area (Å²) in [6, 6.07) is 12.3. The summed E-state index contributed by atoms with van der Waals surface area (Å²) in [6.07, 6.45) is 2.19. The standard InChI is InChI=1S/C27H27FN4O4/c1-15(2)36-27(34)31-24-20(26(33)32(3)4)10-16(12-22(24)28)17-11-19-21(14-30-25(19)29-13-17)18-8-6-7-9-23(18)35-5/h6-15H,1-5H3,(H,29,30)(H,31,34). The number of fused-ring (bicyclic) bond motifs is 1. The first-order chi connectivity index (χ1) is 17.2. The fourth-order valence-electron chi connectivity index (χ4n) is 3.91. The number of anilines is 1. The number of carbonyl (C=O) groups is 2. The minimum Gasteiger partial charge on any atom is -0.496 e. The second kappa shape index (κ2) is 10.1. The number of nitrogens with zero attached hydrogens (tertiary/aromatic N) is 2. The number of ether oxygens (including phenoxy) is 2. The number of para-hydroxylation sites is 1. The summed E-state index contributed by atoms with van der Waals surface area (Å²) in [7, 11) is 4.71. The van der Waals surface area contributed by atoms with Crippen molar-refractivity contribution >= 4 is 28.7 Å². The van der Waals surface area contributed by atoms with Crippen LogP contribution >= 0.6 is 0 Å². The highest BCUT2D eigenvalue weighted by Gasteiger charge is 2.22. The Morgan fingerprint density at radius 3 is 2.53 bits per heavy atom. The third-order valence-corrected chi connectivity index (χ3v) is 5.56. The van der Waals surface area contributed by atoms with Crippen LogP contribution in [-0.4, -0.2) is 54.2 Å². The number of halogens is 1. The molecule has 4 rings (SSSR count). The first kappa shape index (κ1) is 24.7. The van der Waals surface area contributed by atoms with Crippen LogP contribution in [0.1, 0.15) is 24.2 Å². The number of nitrogens with one attached hydrogen (secondary N) is 2. The zero-order valence-corrected chi connectivity index (χ0v) is 20.7. The summed E-state index contributed by atoms with van der Waals surface area (Å²) < 4.78 is 25.9. The molecule has 4 aromatic rings. The van der Waals surface area contributed by atoms with E-state index in [1.807, 2.05) is 36.5 Å². The molecule has 2 heterocycles. The maximum atomic E-state index is 15.3. The molecule has 0 spiro atoms. The first-order valence-corrected chi connectivity index (χ1v) is 11.3. The number of benzene rings is 2. The van der Waals surface area contributed by atoms with Gasteiger partial charge in [0, 0.05) is 48.6 Å². The lowest BCUT2D eigenvalue weighted by molar-refractivity contribution is 0.0828. The average molecular weight is 491 g/mol. The smallest absolute Gasteiger partial charge is 0.411 e. The molecule has 186 valence electrons. The first-order valence-electron chi connectivity index (χ1n) is 11.3. The Labute approximate surface area is 208 Å². The Balaban J connectivity index is 1.83. The number of hydrogen-bond acceptors (Lipinski definition) is 5. The number of aromatic amines is 1. The van der Waals surface area contributed by atoms with Crippen LogP contribution in [0.4, 0.5) is 14.9 Å². The fourth-order valence-corrected chi connectivity index (χ4v) is 3.91. The van der Waals surface area contributed by atoms with Gasteiger partial charge in [-0.05, 0) is 43.7 Å². The fraction of sp³-hybridized carbons (Fsp3) is 0.222. The lowest BCUT2D eigenvalue weighted by atomic mass is 9.99. The van der Waals surface area contributed by atoms with Gasteiger partial charge in [-0.3, -0.25) is 10.1 Å². The van der Waals surface area contributed by atoms with Crippen molar-refractivity contribution in [1.29, 1.82) is 0 Å². The van der Waals surface area contributed by atoms with E-state index in [-0.39, 0.29) is 11.3 Å². The van der Waals surface area contributed by atoms with E-state index in [2.05, 4.69) is 15.3 Å². The molecule has 36 heavy (non-hydrogen) atoms. The molecular formula is C27H27FN4O4. The Morgan fingerprint density at radius 2 is 1.83 bits per heavy atom. The maximum absolute atomic E-state index is 15.3. The molecule has 2 aromatic heterocycles. The summed E-state index contributed by atoms with van der Waals surface area (Å²) >= 11 is 0. The van der Waals surface area contributed by atoms with Crippen LogP contribution in [0, 0.1) is 5.82 Å². The van der Waals surface area contributed by atoms with E-state index >= 15 is 4.39 Å². The highest BCUT2D eigenvalue weighted by molar-refractivity contribution is 6.04. The second-order valence-electron chi connectivity index (χ2n) is 8.68. The minimum absolute atomic E-state index is 0.00479. The van der Waals surface area contributed by atoms with Gasteiger partial charge < -0.3 is 19.4 Å². The topological polar surface area (TPSA) is 96.5 Å². The van der Waals surface area contributed by atoms with Gasteiger partial charge in [-0.15, -0.1) is 0 Å². The molecule has 0 unspecified atom stereocenters. The molecule has 0 fully saturated rings. The molecule has 0 aliphatic rings. The molecule has 0 saturated heterocycles. The summed E-state index contributed by atoms with van der Waals surface area (Å²) in [5, 5.41) is 3.18. The largest absolute Gasteiger partial charge is 0.496 e. The van der Waals surface area contributed by atoms with E-state index in [1.54, 1.807) is 41.2 Å². The van der Waals surface area contributed by atoms with Gasteiger partial charge in [-0.2, -0.15) is 0 Å². The Kier molecular flexibility index (Phi) is 6.91. The summed E-state index contributed by atoms with van der Waals surface area (Å²) in [6.45, 7) is 3.35. The summed E-state index contributed by atoms with van der Waals surface area (Å²) in [5.41, 5.74) is 3.19. The summed E-state index contributed by atoms with van der Waals surface area (Å²) in [5.74, 6) is -0.532. The third-order valence-electron chi connectivity index (χ3n) is 5.56. The quantitative estimate of drug-likeness (QED) is 0.361. The summed E-state index contributed by atoms with van der Waals surface area (Å²) in [4.78, 5) is 34.0. The zero-order chi connectivity index (χ0) is 26.0. The van der Waals surface area contributed by atoms with Crippen LogP contribution in [-0.2, 0) is 4.74 Å². The SMILES string of the molecule is COc1ccccc1-c1c[nH]c2ncc(-c3cc(F)c(NC(=O)OC(C)C)c(C(=O)N(C)C)c3)cc12. The molecule has 0 aliphatic heterocycles. The molecule has 2 amide bonds. The third kappa shape index (κ3) is 4.86. The van der Waals surface area contributed by atoms with E-state index < -0.39 is 23.9 Å². The lowest BCUT2D eigenvalue weighted by Gasteiger charge is -2.18. The number of aromatic nitrogens is 2. The molecule has 8 nitrogen and oxygen atoms in total. The van der Waals surface area contributed by atoms with Crippen LogP contribution in [0.15, 0.2) is 54.9 Å². The number of H-pyrrole nitrogens is 1. The van der Waals surface area contributed by atoms with Crippen molar-refractivity contribution in [2.75, 3.05) is 26.5 Å². The lowest BCUT2D eigenvalue weighted by Crippen LogP contribution is -2.26. The van der Waals surface area contributed by atoms with Crippen molar-refractivity contribution in [2.45, 2.75) is 20.0 Å². The molecule has 0 aliphatic carbocycles. The van der Waals surface area contributed by atoms with Crippen LogP contribution in [0.3, 0.4) is 0 Å². The van der Waals surface area contributed by atoms with E-state index in [0.717, 1.165) is 16.5 Å². The number of pyridine rings is 1. The maximum Gasteiger partial charge on any atom is 0.411 e. The van der Waals surface area contributed by atoms with Gasteiger partial charge in [0.15, 0.2) is 0 Å². The predicted molar refractivity (Wildman–Crippen MR) is 137 cm³/mol. The van der Waals surface area contributed by atoms with Crippen molar-refractivity contribution in [3.8, 4) is 28.0 Å². The van der Waals surface area contributed by atoms with Gasteiger partial charge in [-0.25, -0.2) is 14.2 Å². The van der Waals surface area contributed by atoms with Gasteiger partial charge in [0.2, 0.25) is 0 Å². The van der Waals surface area contributed by atoms with Crippen molar-refractivity contribution < 1.29 is 23.5 Å². The molecule has 0 radical (unpaired) electrons. The van der Waals surface area contributed by atoms with E-state index in [4.69, 9.17) is 9.47 Å². The number of hydrogen-bond donors (Lipinski definition) is 2. The Morgan fingerprint density at radius 1 is 1.08 bits per heavy atom. The van der Waals surface area contributed by atoms with Crippen LogP contribution in [0.2, 0.25) is 0 Å².